The molecule has 1 aliphatic heterocycles. The smallest absolute Gasteiger partial charge is 0.269 e. The van der Waals surface area contributed by atoms with Gasteiger partial charge in [-0.15, -0.1) is 0 Å². The minimum Gasteiger partial charge on any atom is -0.305 e. The topological polar surface area (TPSA) is 63.5 Å². The van der Waals surface area contributed by atoms with E-state index >= 15 is 0 Å². The zero-order chi connectivity index (χ0) is 20.4. The van der Waals surface area contributed by atoms with Gasteiger partial charge in [-0.05, 0) is 55.2 Å². The van der Waals surface area contributed by atoms with Crippen LogP contribution in [0.3, 0.4) is 0 Å². The molecule has 1 fully saturated rings. The highest BCUT2D eigenvalue weighted by Gasteiger charge is 2.35. The Labute approximate surface area is 170 Å². The van der Waals surface area contributed by atoms with Crippen molar-refractivity contribution in [1.82, 2.24) is 4.90 Å². The lowest BCUT2D eigenvalue weighted by Crippen LogP contribution is -2.37. The third-order valence-corrected chi connectivity index (χ3v) is 5.73. The summed E-state index contributed by atoms with van der Waals surface area (Å²) in [6.07, 6.45) is 9.37. The van der Waals surface area contributed by atoms with Crippen LogP contribution < -0.4 is 0 Å². The van der Waals surface area contributed by atoms with E-state index in [-0.39, 0.29) is 17.6 Å². The number of amides is 1. The Morgan fingerprint density at radius 3 is 2.28 bits per heavy atom. The second kappa shape index (κ2) is 8.03. The quantitative estimate of drug-likeness (QED) is 0.394. The summed E-state index contributed by atoms with van der Waals surface area (Å²) in [5.41, 5.74) is 4.63. The monoisotopic (exact) mass is 388 g/mol. The molecule has 29 heavy (non-hydrogen) atoms. The zero-order valence-corrected chi connectivity index (χ0v) is 16.5. The van der Waals surface area contributed by atoms with E-state index in [9.17, 15) is 14.9 Å². The number of benzene rings is 2. The zero-order valence-electron chi connectivity index (χ0n) is 16.5. The Morgan fingerprint density at radius 2 is 1.66 bits per heavy atom. The maximum atomic E-state index is 13.3. The number of rotatable bonds is 4. The van der Waals surface area contributed by atoms with Crippen LogP contribution in [0, 0.1) is 17.0 Å². The van der Waals surface area contributed by atoms with E-state index in [4.69, 9.17) is 0 Å². The standard InChI is InChI=1S/C24H24N2O3/c1-17-7-11-19(12-8-17)23-16-20(15-18-9-13-22(14-10-18)26(28)29)24(27)25(23)21-5-3-2-4-6-21/h7-16,21H,2-6H2,1H3/b20-15+. The predicted molar refractivity (Wildman–Crippen MR) is 114 cm³/mol. The molecule has 0 unspecified atom stereocenters. The Balaban J connectivity index is 1.71. The molecule has 2 aliphatic rings. The maximum Gasteiger partial charge on any atom is 0.269 e. The van der Waals surface area contributed by atoms with E-state index in [1.165, 1.54) is 24.1 Å². The highest BCUT2D eigenvalue weighted by atomic mass is 16.6. The molecule has 0 radical (unpaired) electrons. The van der Waals surface area contributed by atoms with Crippen LogP contribution >= 0.6 is 0 Å². The number of hydrogen-bond acceptors (Lipinski definition) is 3. The highest BCUT2D eigenvalue weighted by Crippen LogP contribution is 2.37. The fourth-order valence-electron chi connectivity index (χ4n) is 4.15. The summed E-state index contributed by atoms with van der Waals surface area (Å²) < 4.78 is 0. The summed E-state index contributed by atoms with van der Waals surface area (Å²) in [7, 11) is 0. The normalized spacial score (nSPS) is 18.9. The van der Waals surface area contributed by atoms with Gasteiger partial charge in [-0.2, -0.15) is 0 Å². The van der Waals surface area contributed by atoms with Crippen molar-refractivity contribution in [3.05, 3.63) is 87.0 Å². The number of aryl methyl sites for hydroxylation is 1. The molecule has 0 atom stereocenters. The Morgan fingerprint density at radius 1 is 1.00 bits per heavy atom. The average molecular weight is 388 g/mol. The number of carbonyl (C=O) groups is 1. The van der Waals surface area contributed by atoms with Crippen molar-refractivity contribution < 1.29 is 9.72 Å². The first-order valence-electron chi connectivity index (χ1n) is 10.1. The van der Waals surface area contributed by atoms with Crippen molar-refractivity contribution in [2.75, 3.05) is 0 Å². The van der Waals surface area contributed by atoms with Gasteiger partial charge in [-0.25, -0.2) is 0 Å². The van der Waals surface area contributed by atoms with Crippen LogP contribution in [-0.2, 0) is 4.79 Å². The molecule has 1 heterocycles. The lowest BCUT2D eigenvalue weighted by Gasteiger charge is -2.33. The molecule has 0 aromatic heterocycles. The number of nitrogens with zero attached hydrogens (tertiary/aromatic N) is 2. The Hall–Kier alpha value is -3.21. The van der Waals surface area contributed by atoms with Gasteiger partial charge in [-0.3, -0.25) is 14.9 Å². The predicted octanol–water partition coefficient (Wildman–Crippen LogP) is 5.50. The lowest BCUT2D eigenvalue weighted by molar-refractivity contribution is -0.384. The first kappa shape index (κ1) is 19.1. The molecule has 1 aliphatic carbocycles. The van der Waals surface area contributed by atoms with Crippen LogP contribution in [0.15, 0.2) is 60.2 Å². The van der Waals surface area contributed by atoms with Crippen LogP contribution in [-0.4, -0.2) is 21.8 Å². The van der Waals surface area contributed by atoms with Crippen LogP contribution in [0.4, 0.5) is 5.69 Å². The number of carbonyl (C=O) groups excluding carboxylic acids is 1. The van der Waals surface area contributed by atoms with Gasteiger partial charge in [-0.1, -0.05) is 49.1 Å². The van der Waals surface area contributed by atoms with Gasteiger partial charge >= 0.3 is 0 Å². The van der Waals surface area contributed by atoms with E-state index < -0.39 is 4.92 Å². The third-order valence-electron chi connectivity index (χ3n) is 5.73. The summed E-state index contributed by atoms with van der Waals surface area (Å²) in [5, 5.41) is 10.9. The minimum atomic E-state index is -0.419. The van der Waals surface area contributed by atoms with Gasteiger partial charge in [0.15, 0.2) is 0 Å². The fourth-order valence-corrected chi connectivity index (χ4v) is 4.15. The van der Waals surface area contributed by atoms with Crippen molar-refractivity contribution in [2.24, 2.45) is 0 Å². The molecule has 0 N–H and O–H groups in total. The second-order valence-electron chi connectivity index (χ2n) is 7.81. The molecule has 0 saturated heterocycles. The van der Waals surface area contributed by atoms with E-state index in [2.05, 4.69) is 31.2 Å². The lowest BCUT2D eigenvalue weighted by atomic mass is 9.93. The Kier molecular flexibility index (Phi) is 5.30. The summed E-state index contributed by atoms with van der Waals surface area (Å²) in [6.45, 7) is 2.05. The molecular formula is C24H24N2O3. The van der Waals surface area contributed by atoms with E-state index in [0.717, 1.165) is 42.5 Å². The van der Waals surface area contributed by atoms with E-state index in [1.807, 2.05) is 17.1 Å². The first-order valence-corrected chi connectivity index (χ1v) is 10.1. The molecule has 2 aromatic carbocycles. The second-order valence-corrected chi connectivity index (χ2v) is 7.81. The third kappa shape index (κ3) is 3.99. The van der Waals surface area contributed by atoms with Crippen molar-refractivity contribution in [3.63, 3.8) is 0 Å². The molecule has 5 heteroatoms. The number of hydrogen-bond donors (Lipinski definition) is 0. The molecule has 148 valence electrons. The van der Waals surface area contributed by atoms with Gasteiger partial charge in [0.2, 0.25) is 0 Å². The van der Waals surface area contributed by atoms with Gasteiger partial charge in [0.25, 0.3) is 11.6 Å². The molecular weight excluding hydrogens is 364 g/mol. The van der Waals surface area contributed by atoms with Crippen molar-refractivity contribution in [3.8, 4) is 0 Å². The molecule has 4 rings (SSSR count). The van der Waals surface area contributed by atoms with Gasteiger partial charge in [0.05, 0.1) is 10.6 Å². The Bertz CT molecular complexity index is 982. The van der Waals surface area contributed by atoms with Crippen molar-refractivity contribution in [2.45, 2.75) is 45.1 Å². The summed E-state index contributed by atoms with van der Waals surface area (Å²) in [6, 6.07) is 14.8. The van der Waals surface area contributed by atoms with Crippen molar-refractivity contribution in [1.29, 1.82) is 0 Å². The maximum absolute atomic E-state index is 13.3. The summed E-state index contributed by atoms with van der Waals surface area (Å²) in [5.74, 6) is 0.0193. The molecule has 5 nitrogen and oxygen atoms in total. The molecule has 1 amide bonds. The van der Waals surface area contributed by atoms with Gasteiger partial charge in [0.1, 0.15) is 0 Å². The van der Waals surface area contributed by atoms with E-state index in [1.54, 1.807) is 12.1 Å². The van der Waals surface area contributed by atoms with E-state index in [0.29, 0.717) is 5.57 Å². The SMILES string of the molecule is Cc1ccc(C2=C/C(=C\c3ccc([N+](=O)[O-])cc3)C(=O)N2C2CCCCC2)cc1. The van der Waals surface area contributed by atoms with Crippen LogP contribution in [0.25, 0.3) is 11.8 Å². The minimum absolute atomic E-state index is 0.0193. The highest BCUT2D eigenvalue weighted by molar-refractivity contribution is 6.11. The molecule has 0 bridgehead atoms. The number of nitro benzene ring substituents is 1. The van der Waals surface area contributed by atoms with Crippen LogP contribution in [0.5, 0.6) is 0 Å². The van der Waals surface area contributed by atoms with Gasteiger partial charge < -0.3 is 4.90 Å². The molecule has 2 aromatic rings. The summed E-state index contributed by atoms with van der Waals surface area (Å²) >= 11 is 0. The largest absolute Gasteiger partial charge is 0.305 e. The summed E-state index contributed by atoms with van der Waals surface area (Å²) in [4.78, 5) is 25.8. The van der Waals surface area contributed by atoms with Crippen LogP contribution in [0.1, 0.15) is 48.8 Å². The van der Waals surface area contributed by atoms with Crippen molar-refractivity contribution >= 4 is 23.4 Å². The van der Waals surface area contributed by atoms with Crippen LogP contribution in [0.2, 0.25) is 0 Å². The molecule has 0 spiro atoms. The average Bonchev–Trinajstić information content (AvgIpc) is 3.05. The van der Waals surface area contributed by atoms with Gasteiger partial charge in [0, 0.05) is 23.7 Å². The molecule has 1 saturated carbocycles. The number of nitro groups is 1. The number of non-ortho nitro benzene ring substituents is 1. The fraction of sp³-hybridized carbons (Fsp3) is 0.292. The first-order chi connectivity index (χ1) is 14.0.